The van der Waals surface area contributed by atoms with Crippen molar-refractivity contribution < 1.29 is 14.2 Å². The lowest BCUT2D eigenvalue weighted by molar-refractivity contribution is -0.0669. The maximum Gasteiger partial charge on any atom is 0.177 e. The average Bonchev–Trinajstić information content (AvgIpc) is 2.48. The molecule has 0 spiro atoms. The molecule has 3 heteroatoms. The van der Waals surface area contributed by atoms with Crippen molar-refractivity contribution >= 4 is 0 Å². The Bertz CT molecular complexity index is 200. The third-order valence-electron chi connectivity index (χ3n) is 1.96. The number of hydrogen-bond donors (Lipinski definition) is 0. The van der Waals surface area contributed by atoms with Gasteiger partial charge in [0.15, 0.2) is 6.29 Å². The highest BCUT2D eigenvalue weighted by molar-refractivity contribution is 5.03. The maximum atomic E-state index is 5.45. The molecule has 12 heavy (non-hydrogen) atoms. The van der Waals surface area contributed by atoms with Crippen LogP contribution in [0.4, 0.5) is 0 Å². The fraction of sp³-hybridized carbons (Fsp3) is 0.556. The van der Waals surface area contributed by atoms with Crippen LogP contribution in [0.5, 0.6) is 0 Å². The molecular formula is C9H12O3. The van der Waals surface area contributed by atoms with Gasteiger partial charge in [0.1, 0.15) is 12.2 Å². The maximum absolute atomic E-state index is 5.45. The van der Waals surface area contributed by atoms with E-state index in [1.54, 1.807) is 6.08 Å². The van der Waals surface area contributed by atoms with E-state index in [-0.39, 0.29) is 18.5 Å². The normalized spacial score (nSPS) is 38.5. The molecule has 0 aromatic carbocycles. The first kappa shape index (κ1) is 7.98. The minimum Gasteiger partial charge on any atom is -0.367 e. The van der Waals surface area contributed by atoms with Crippen molar-refractivity contribution in [3.63, 3.8) is 0 Å². The van der Waals surface area contributed by atoms with Crippen LogP contribution in [0.1, 0.15) is 0 Å². The quantitative estimate of drug-likeness (QED) is 0.585. The Balaban J connectivity index is 1.93. The minimum absolute atomic E-state index is 0.0294. The van der Waals surface area contributed by atoms with Crippen LogP contribution in [0.3, 0.4) is 0 Å². The molecule has 0 N–H and O–H groups in total. The van der Waals surface area contributed by atoms with Gasteiger partial charge in [-0.15, -0.1) is 6.58 Å². The molecule has 0 unspecified atom stereocenters. The lowest BCUT2D eigenvalue weighted by Crippen LogP contribution is -2.32. The van der Waals surface area contributed by atoms with Crippen LogP contribution in [0.2, 0.25) is 0 Å². The van der Waals surface area contributed by atoms with Crippen molar-refractivity contribution in [2.45, 2.75) is 18.5 Å². The molecule has 1 fully saturated rings. The number of rotatable bonds is 3. The highest BCUT2D eigenvalue weighted by Gasteiger charge is 2.34. The topological polar surface area (TPSA) is 27.7 Å². The summed E-state index contributed by atoms with van der Waals surface area (Å²) in [4.78, 5) is 0. The molecule has 2 rings (SSSR count). The SMILES string of the molecule is C=CCO[C@H]1C=C[C@@H]2OC[C@H]1O2. The third-order valence-corrected chi connectivity index (χ3v) is 1.96. The Morgan fingerprint density at radius 2 is 2.50 bits per heavy atom. The fourth-order valence-electron chi connectivity index (χ4n) is 1.38. The first-order valence-electron chi connectivity index (χ1n) is 4.08. The molecule has 0 aliphatic carbocycles. The number of fused-ring (bicyclic) bond motifs is 2. The van der Waals surface area contributed by atoms with Gasteiger partial charge in [-0.2, -0.15) is 0 Å². The van der Waals surface area contributed by atoms with Crippen molar-refractivity contribution in [3.05, 3.63) is 24.8 Å². The van der Waals surface area contributed by atoms with E-state index in [0.717, 1.165) is 0 Å². The number of hydrogen-bond acceptors (Lipinski definition) is 3. The molecule has 2 heterocycles. The second-order valence-corrected chi connectivity index (χ2v) is 2.85. The largest absolute Gasteiger partial charge is 0.367 e. The van der Waals surface area contributed by atoms with Crippen molar-refractivity contribution in [1.29, 1.82) is 0 Å². The zero-order chi connectivity index (χ0) is 8.39. The summed E-state index contributed by atoms with van der Waals surface area (Å²) in [6.07, 6.45) is 5.57. The molecule has 66 valence electrons. The monoisotopic (exact) mass is 168 g/mol. The molecule has 2 bridgehead atoms. The third kappa shape index (κ3) is 1.43. The molecule has 3 atom stereocenters. The van der Waals surface area contributed by atoms with Crippen molar-refractivity contribution in [1.82, 2.24) is 0 Å². The predicted molar refractivity (Wildman–Crippen MR) is 43.7 cm³/mol. The lowest BCUT2D eigenvalue weighted by Gasteiger charge is -2.21. The van der Waals surface area contributed by atoms with Crippen LogP contribution >= 0.6 is 0 Å². The lowest BCUT2D eigenvalue weighted by atomic mass is 10.2. The number of ether oxygens (including phenoxy) is 3. The molecule has 0 aromatic rings. The van der Waals surface area contributed by atoms with E-state index in [1.807, 2.05) is 12.2 Å². The summed E-state index contributed by atoms with van der Waals surface area (Å²) in [5.41, 5.74) is 0. The molecule has 2 aliphatic rings. The van der Waals surface area contributed by atoms with E-state index in [9.17, 15) is 0 Å². The second-order valence-electron chi connectivity index (χ2n) is 2.85. The van der Waals surface area contributed by atoms with E-state index in [4.69, 9.17) is 14.2 Å². The van der Waals surface area contributed by atoms with Gasteiger partial charge in [-0.1, -0.05) is 12.2 Å². The molecule has 1 saturated heterocycles. The van der Waals surface area contributed by atoms with Crippen LogP contribution in [0.25, 0.3) is 0 Å². The van der Waals surface area contributed by atoms with Gasteiger partial charge >= 0.3 is 0 Å². The predicted octanol–water partition coefficient (Wildman–Crippen LogP) is 0.869. The zero-order valence-electron chi connectivity index (χ0n) is 6.81. The Morgan fingerprint density at radius 1 is 1.58 bits per heavy atom. The molecule has 0 saturated carbocycles. The van der Waals surface area contributed by atoms with Gasteiger partial charge in [-0.25, -0.2) is 0 Å². The van der Waals surface area contributed by atoms with Gasteiger partial charge < -0.3 is 14.2 Å². The van der Waals surface area contributed by atoms with Crippen LogP contribution in [0, 0.1) is 0 Å². The van der Waals surface area contributed by atoms with Gasteiger partial charge in [0.2, 0.25) is 0 Å². The molecule has 2 aliphatic heterocycles. The Morgan fingerprint density at radius 3 is 3.33 bits per heavy atom. The Labute approximate surface area is 71.6 Å². The fourth-order valence-corrected chi connectivity index (χ4v) is 1.38. The smallest absolute Gasteiger partial charge is 0.177 e. The minimum atomic E-state index is -0.140. The summed E-state index contributed by atoms with van der Waals surface area (Å²) in [6, 6.07) is 0. The van der Waals surface area contributed by atoms with Gasteiger partial charge in [-0.3, -0.25) is 0 Å². The van der Waals surface area contributed by atoms with Gasteiger partial charge in [0, 0.05) is 0 Å². The standard InChI is InChI=1S/C9H12O3/c1-2-5-10-7-3-4-9-11-6-8(7)12-9/h2-4,7-9H,1,5-6H2/t7-,8+,9+/m0/s1. The van der Waals surface area contributed by atoms with Crippen LogP contribution in [-0.2, 0) is 14.2 Å². The summed E-state index contributed by atoms with van der Waals surface area (Å²) < 4.78 is 16.2. The summed E-state index contributed by atoms with van der Waals surface area (Å²) in [5, 5.41) is 0. The van der Waals surface area contributed by atoms with E-state index in [1.165, 1.54) is 0 Å². The van der Waals surface area contributed by atoms with Gasteiger partial charge in [-0.05, 0) is 6.08 Å². The van der Waals surface area contributed by atoms with E-state index in [2.05, 4.69) is 6.58 Å². The van der Waals surface area contributed by atoms with Gasteiger partial charge in [0.25, 0.3) is 0 Å². The highest BCUT2D eigenvalue weighted by Crippen LogP contribution is 2.23. The van der Waals surface area contributed by atoms with E-state index < -0.39 is 0 Å². The molecule has 0 aromatic heterocycles. The van der Waals surface area contributed by atoms with Crippen molar-refractivity contribution in [2.75, 3.05) is 13.2 Å². The summed E-state index contributed by atoms with van der Waals surface area (Å²) in [6.45, 7) is 4.76. The first-order valence-corrected chi connectivity index (χ1v) is 4.08. The van der Waals surface area contributed by atoms with Crippen LogP contribution < -0.4 is 0 Å². The van der Waals surface area contributed by atoms with Crippen molar-refractivity contribution in [3.8, 4) is 0 Å². The summed E-state index contributed by atoms with van der Waals surface area (Å²) in [7, 11) is 0. The zero-order valence-corrected chi connectivity index (χ0v) is 6.81. The van der Waals surface area contributed by atoms with Crippen LogP contribution in [-0.4, -0.2) is 31.7 Å². The van der Waals surface area contributed by atoms with Crippen molar-refractivity contribution in [2.24, 2.45) is 0 Å². The highest BCUT2D eigenvalue weighted by atomic mass is 16.7. The summed E-state index contributed by atoms with van der Waals surface area (Å²) in [5.74, 6) is 0. The Kier molecular flexibility index (Phi) is 2.26. The molecule has 3 nitrogen and oxygen atoms in total. The molecule has 0 radical (unpaired) electrons. The average molecular weight is 168 g/mol. The Hall–Kier alpha value is -0.640. The second kappa shape index (κ2) is 3.39. The first-order chi connectivity index (χ1) is 5.90. The molecular weight excluding hydrogens is 156 g/mol. The summed E-state index contributed by atoms with van der Waals surface area (Å²) >= 11 is 0. The van der Waals surface area contributed by atoms with Crippen LogP contribution in [0.15, 0.2) is 24.8 Å². The van der Waals surface area contributed by atoms with E-state index in [0.29, 0.717) is 13.2 Å². The van der Waals surface area contributed by atoms with Gasteiger partial charge in [0.05, 0.1) is 13.2 Å². The molecule has 0 amide bonds. The van der Waals surface area contributed by atoms with E-state index >= 15 is 0 Å².